The van der Waals surface area contributed by atoms with Gasteiger partial charge in [-0.05, 0) is 12.8 Å². The van der Waals surface area contributed by atoms with E-state index in [4.69, 9.17) is 15.7 Å². The molecular weight excluding hydrogens is 222 g/mol. The van der Waals surface area contributed by atoms with Crippen molar-refractivity contribution in [2.45, 2.75) is 33.3 Å². The lowest BCUT2D eigenvalue weighted by Crippen LogP contribution is -2.42. The van der Waals surface area contributed by atoms with Crippen LogP contribution in [0.2, 0.25) is 0 Å². The molecule has 100 valence electrons. The molecule has 6 nitrogen and oxygen atoms in total. The fraction of sp³-hybridized carbons (Fsp3) is 0.818. The van der Waals surface area contributed by atoms with E-state index in [1.165, 1.54) is 7.11 Å². The average molecular weight is 245 g/mol. The van der Waals surface area contributed by atoms with Gasteiger partial charge >= 0.3 is 0 Å². The van der Waals surface area contributed by atoms with E-state index in [1.54, 1.807) is 11.8 Å². The van der Waals surface area contributed by atoms with Crippen molar-refractivity contribution in [2.24, 2.45) is 16.8 Å². The number of ether oxygens (including phenoxy) is 1. The fourth-order valence-electron chi connectivity index (χ4n) is 1.39. The zero-order valence-corrected chi connectivity index (χ0v) is 11.0. The molecule has 0 spiro atoms. The maximum Gasteiger partial charge on any atom is 0.251 e. The van der Waals surface area contributed by atoms with E-state index < -0.39 is 6.10 Å². The van der Waals surface area contributed by atoms with Crippen molar-refractivity contribution in [1.29, 1.82) is 0 Å². The van der Waals surface area contributed by atoms with Gasteiger partial charge in [0.2, 0.25) is 0 Å². The normalized spacial score (nSPS) is 13.8. The molecular formula is C11H23N3O3. The van der Waals surface area contributed by atoms with E-state index in [9.17, 15) is 4.79 Å². The topological polar surface area (TPSA) is 88.2 Å². The first-order valence-electron chi connectivity index (χ1n) is 5.70. The van der Waals surface area contributed by atoms with Crippen molar-refractivity contribution in [3.63, 3.8) is 0 Å². The lowest BCUT2D eigenvalue weighted by atomic mass is 10.2. The molecule has 0 aromatic heterocycles. The van der Waals surface area contributed by atoms with Crippen molar-refractivity contribution < 1.29 is 14.7 Å². The van der Waals surface area contributed by atoms with Gasteiger partial charge in [0.1, 0.15) is 11.9 Å². The molecule has 3 N–H and O–H groups in total. The molecule has 17 heavy (non-hydrogen) atoms. The number of amides is 1. The number of oxime groups is 1. The Morgan fingerprint density at radius 1 is 1.47 bits per heavy atom. The summed E-state index contributed by atoms with van der Waals surface area (Å²) in [4.78, 5) is 13.6. The van der Waals surface area contributed by atoms with Crippen LogP contribution in [0.3, 0.4) is 0 Å². The zero-order chi connectivity index (χ0) is 13.4. The molecule has 0 aromatic rings. The first-order chi connectivity index (χ1) is 7.92. The van der Waals surface area contributed by atoms with Crippen LogP contribution < -0.4 is 5.73 Å². The summed E-state index contributed by atoms with van der Waals surface area (Å²) in [5.74, 6) is 0.402. The number of hydrogen-bond acceptors (Lipinski definition) is 4. The second-order valence-corrected chi connectivity index (χ2v) is 4.40. The van der Waals surface area contributed by atoms with Gasteiger partial charge in [-0.3, -0.25) is 4.79 Å². The van der Waals surface area contributed by atoms with Gasteiger partial charge in [0.25, 0.3) is 5.91 Å². The fourth-order valence-corrected chi connectivity index (χ4v) is 1.39. The van der Waals surface area contributed by atoms with E-state index in [0.717, 1.165) is 0 Å². The molecule has 0 heterocycles. The summed E-state index contributed by atoms with van der Waals surface area (Å²) in [5.41, 5.74) is 5.39. The van der Waals surface area contributed by atoms with Crippen LogP contribution in [0.1, 0.15) is 27.2 Å². The number of methoxy groups -OCH3 is 1. The van der Waals surface area contributed by atoms with Crippen LogP contribution in [0, 0.1) is 5.92 Å². The van der Waals surface area contributed by atoms with Crippen molar-refractivity contribution >= 4 is 11.7 Å². The van der Waals surface area contributed by atoms with Crippen LogP contribution in [0.5, 0.6) is 0 Å². The van der Waals surface area contributed by atoms with Gasteiger partial charge < -0.3 is 20.6 Å². The third kappa shape index (κ3) is 6.11. The number of amidine groups is 1. The minimum atomic E-state index is -0.471. The molecule has 0 rings (SSSR count). The summed E-state index contributed by atoms with van der Waals surface area (Å²) < 4.78 is 5.01. The number of rotatable bonds is 7. The van der Waals surface area contributed by atoms with Gasteiger partial charge in [0.15, 0.2) is 0 Å². The van der Waals surface area contributed by atoms with Crippen molar-refractivity contribution in [3.05, 3.63) is 0 Å². The Morgan fingerprint density at radius 3 is 2.47 bits per heavy atom. The maximum atomic E-state index is 12.0. The monoisotopic (exact) mass is 245 g/mol. The van der Waals surface area contributed by atoms with Gasteiger partial charge in [-0.2, -0.15) is 0 Å². The molecule has 0 aliphatic rings. The van der Waals surface area contributed by atoms with Crippen molar-refractivity contribution in [1.82, 2.24) is 4.90 Å². The molecule has 0 aliphatic carbocycles. The molecule has 0 aromatic carbocycles. The van der Waals surface area contributed by atoms with E-state index in [1.807, 2.05) is 13.8 Å². The smallest absolute Gasteiger partial charge is 0.251 e. The van der Waals surface area contributed by atoms with Gasteiger partial charge in [-0.25, -0.2) is 0 Å². The van der Waals surface area contributed by atoms with Gasteiger partial charge in [0, 0.05) is 26.6 Å². The molecule has 6 heteroatoms. The van der Waals surface area contributed by atoms with Crippen LogP contribution >= 0.6 is 0 Å². The van der Waals surface area contributed by atoms with Crippen LogP contribution in [0.15, 0.2) is 5.16 Å². The largest absolute Gasteiger partial charge is 0.409 e. The maximum absolute atomic E-state index is 12.0. The van der Waals surface area contributed by atoms with Gasteiger partial charge in [-0.1, -0.05) is 19.0 Å². The van der Waals surface area contributed by atoms with Crippen molar-refractivity contribution in [2.75, 3.05) is 20.2 Å². The van der Waals surface area contributed by atoms with E-state index in [0.29, 0.717) is 25.4 Å². The summed E-state index contributed by atoms with van der Waals surface area (Å²) in [6.45, 7) is 6.83. The zero-order valence-electron chi connectivity index (χ0n) is 11.0. The second-order valence-electron chi connectivity index (χ2n) is 4.40. The highest BCUT2D eigenvalue weighted by Gasteiger charge is 2.20. The average Bonchev–Trinajstić information content (AvgIpc) is 2.31. The summed E-state index contributed by atoms with van der Waals surface area (Å²) in [6, 6.07) is 0. The number of hydrogen-bond donors (Lipinski definition) is 2. The standard InChI is InChI=1S/C11H23N3O3/c1-8(2)7-14(6-5-10(12)13-16)11(15)9(3)17-4/h8-9,16H,5-7H2,1-4H3,(H2,12,13). The highest BCUT2D eigenvalue weighted by molar-refractivity contribution is 5.83. The number of nitrogens with two attached hydrogens (primary N) is 1. The highest BCUT2D eigenvalue weighted by atomic mass is 16.5. The quantitative estimate of drug-likeness (QED) is 0.298. The van der Waals surface area contributed by atoms with Crippen LogP contribution in [0.25, 0.3) is 0 Å². The van der Waals surface area contributed by atoms with Crippen LogP contribution in [-0.2, 0) is 9.53 Å². The Balaban J connectivity index is 4.47. The predicted molar refractivity (Wildman–Crippen MR) is 65.9 cm³/mol. The molecule has 1 amide bonds. The number of carbonyl (C=O) groups excluding carboxylic acids is 1. The lowest BCUT2D eigenvalue weighted by molar-refractivity contribution is -0.141. The summed E-state index contributed by atoms with van der Waals surface area (Å²) >= 11 is 0. The van der Waals surface area contributed by atoms with Crippen LogP contribution in [0.4, 0.5) is 0 Å². The third-order valence-corrected chi connectivity index (χ3v) is 2.36. The predicted octanol–water partition coefficient (Wildman–Crippen LogP) is 0.642. The summed E-state index contributed by atoms with van der Waals surface area (Å²) in [7, 11) is 1.50. The molecule has 0 fully saturated rings. The Hall–Kier alpha value is -1.30. The molecule has 1 unspecified atom stereocenters. The summed E-state index contributed by atoms with van der Waals surface area (Å²) in [5, 5.41) is 11.3. The highest BCUT2D eigenvalue weighted by Crippen LogP contribution is 2.05. The van der Waals surface area contributed by atoms with E-state index >= 15 is 0 Å². The Morgan fingerprint density at radius 2 is 2.06 bits per heavy atom. The Labute approximate surface area is 102 Å². The number of nitrogens with zero attached hydrogens (tertiary/aromatic N) is 2. The molecule has 0 saturated heterocycles. The third-order valence-electron chi connectivity index (χ3n) is 2.36. The molecule has 0 aliphatic heterocycles. The Bertz CT molecular complexity index is 267. The minimum absolute atomic E-state index is 0.0769. The van der Waals surface area contributed by atoms with Crippen molar-refractivity contribution in [3.8, 4) is 0 Å². The molecule has 0 saturated carbocycles. The first kappa shape index (κ1) is 15.7. The summed E-state index contributed by atoms with van der Waals surface area (Å²) in [6.07, 6.45) is -0.119. The van der Waals surface area contributed by atoms with E-state index in [-0.39, 0.29) is 11.7 Å². The first-order valence-corrected chi connectivity index (χ1v) is 5.70. The lowest BCUT2D eigenvalue weighted by Gasteiger charge is -2.26. The minimum Gasteiger partial charge on any atom is -0.409 e. The van der Waals surface area contributed by atoms with E-state index in [2.05, 4.69) is 5.16 Å². The van der Waals surface area contributed by atoms with Gasteiger partial charge in [-0.15, -0.1) is 0 Å². The van der Waals surface area contributed by atoms with Gasteiger partial charge in [0.05, 0.1) is 0 Å². The molecule has 0 radical (unpaired) electrons. The Kier molecular flexibility index (Phi) is 7.29. The molecule has 1 atom stereocenters. The second kappa shape index (κ2) is 7.89. The SMILES string of the molecule is COC(C)C(=O)N(CCC(N)=NO)CC(C)C. The molecule has 0 bridgehead atoms. The van der Waals surface area contributed by atoms with Crippen LogP contribution in [-0.4, -0.2) is 48.2 Å². The number of carbonyl (C=O) groups is 1.